The first-order chi connectivity index (χ1) is 10.0. The van der Waals surface area contributed by atoms with Gasteiger partial charge >= 0.3 is 0 Å². The zero-order chi connectivity index (χ0) is 15.3. The van der Waals surface area contributed by atoms with Crippen LogP contribution < -0.4 is 0 Å². The van der Waals surface area contributed by atoms with Crippen LogP contribution in [-0.2, 0) is 0 Å². The van der Waals surface area contributed by atoms with Crippen molar-refractivity contribution in [3.05, 3.63) is 35.9 Å². The topological polar surface area (TPSA) is 43.7 Å². The molecule has 21 heavy (non-hydrogen) atoms. The van der Waals surface area contributed by atoms with Gasteiger partial charge in [0.1, 0.15) is 0 Å². The average Bonchev–Trinajstić information content (AvgIpc) is 3.01. The van der Waals surface area contributed by atoms with Gasteiger partial charge in [-0.05, 0) is 18.4 Å². The van der Waals surface area contributed by atoms with Crippen molar-refractivity contribution in [1.82, 2.24) is 4.90 Å². The van der Waals surface area contributed by atoms with Crippen molar-refractivity contribution in [2.24, 2.45) is 5.41 Å². The number of nitrogens with zero attached hydrogens (tertiary/aromatic N) is 1. The molecule has 0 aliphatic heterocycles. The van der Waals surface area contributed by atoms with Crippen molar-refractivity contribution in [2.45, 2.75) is 51.7 Å². The van der Waals surface area contributed by atoms with Crippen LogP contribution in [0.2, 0.25) is 0 Å². The Hall–Kier alpha value is -0.900. The van der Waals surface area contributed by atoms with E-state index in [4.69, 9.17) is 0 Å². The molecular weight excluding hydrogens is 262 g/mol. The van der Waals surface area contributed by atoms with Crippen molar-refractivity contribution < 1.29 is 10.2 Å². The summed E-state index contributed by atoms with van der Waals surface area (Å²) < 4.78 is 0. The van der Waals surface area contributed by atoms with Gasteiger partial charge in [0.25, 0.3) is 0 Å². The molecular formula is C18H29NO2. The fourth-order valence-electron chi connectivity index (χ4n) is 3.49. The van der Waals surface area contributed by atoms with Crippen molar-refractivity contribution >= 4 is 0 Å². The Morgan fingerprint density at radius 1 is 1.19 bits per heavy atom. The molecule has 3 nitrogen and oxygen atoms in total. The van der Waals surface area contributed by atoms with Gasteiger partial charge in [-0.1, -0.05) is 57.0 Å². The number of aliphatic hydroxyl groups excluding tert-OH is 2. The van der Waals surface area contributed by atoms with Crippen molar-refractivity contribution in [2.75, 3.05) is 19.7 Å². The number of benzene rings is 1. The molecule has 118 valence electrons. The molecule has 1 aromatic carbocycles. The van der Waals surface area contributed by atoms with Gasteiger partial charge in [0.15, 0.2) is 0 Å². The molecule has 0 heterocycles. The standard InChI is InChI=1S/C18H29NO2/c1-18(2,17(21)15-8-4-3-5-9-15)14-19(12-13-20)16-10-6-7-11-16/h3-5,8-9,16-17,20-21H,6-7,10-14H2,1-2H3. The summed E-state index contributed by atoms with van der Waals surface area (Å²) in [5.41, 5.74) is 0.733. The number of aliphatic hydroxyl groups is 2. The Balaban J connectivity index is 2.06. The zero-order valence-electron chi connectivity index (χ0n) is 13.3. The monoisotopic (exact) mass is 291 g/mol. The minimum Gasteiger partial charge on any atom is -0.395 e. The highest BCUT2D eigenvalue weighted by atomic mass is 16.3. The fraction of sp³-hybridized carbons (Fsp3) is 0.667. The van der Waals surface area contributed by atoms with Gasteiger partial charge in [-0.25, -0.2) is 0 Å². The molecule has 2 N–H and O–H groups in total. The Labute approximate surface area is 128 Å². The molecule has 1 unspecified atom stereocenters. The highest BCUT2D eigenvalue weighted by Gasteiger charge is 2.34. The third-order valence-electron chi connectivity index (χ3n) is 4.69. The predicted molar refractivity (Wildman–Crippen MR) is 86.1 cm³/mol. The van der Waals surface area contributed by atoms with Crippen LogP contribution in [0.3, 0.4) is 0 Å². The third-order valence-corrected chi connectivity index (χ3v) is 4.69. The molecule has 0 radical (unpaired) electrons. The molecule has 1 aliphatic carbocycles. The van der Waals surface area contributed by atoms with Crippen molar-refractivity contribution in [1.29, 1.82) is 0 Å². The van der Waals surface area contributed by atoms with Crippen LogP contribution in [0.25, 0.3) is 0 Å². The molecule has 2 rings (SSSR count). The average molecular weight is 291 g/mol. The lowest BCUT2D eigenvalue weighted by atomic mass is 9.81. The van der Waals surface area contributed by atoms with E-state index in [1.165, 1.54) is 25.7 Å². The summed E-state index contributed by atoms with van der Waals surface area (Å²) in [6.45, 7) is 5.94. The molecule has 1 atom stereocenters. The first-order valence-electron chi connectivity index (χ1n) is 8.12. The Morgan fingerprint density at radius 2 is 1.81 bits per heavy atom. The maximum absolute atomic E-state index is 10.7. The molecule has 0 spiro atoms. The second-order valence-electron chi connectivity index (χ2n) is 6.93. The fourth-order valence-corrected chi connectivity index (χ4v) is 3.49. The summed E-state index contributed by atoms with van der Waals surface area (Å²) in [5, 5.41) is 20.1. The van der Waals surface area contributed by atoms with Gasteiger partial charge < -0.3 is 10.2 Å². The van der Waals surface area contributed by atoms with Crippen LogP contribution >= 0.6 is 0 Å². The predicted octanol–water partition coefficient (Wildman–Crippen LogP) is 2.98. The van der Waals surface area contributed by atoms with Crippen LogP contribution in [0.15, 0.2) is 30.3 Å². The maximum Gasteiger partial charge on any atom is 0.0853 e. The van der Waals surface area contributed by atoms with E-state index in [9.17, 15) is 10.2 Å². The smallest absolute Gasteiger partial charge is 0.0853 e. The van der Waals surface area contributed by atoms with Gasteiger partial charge in [-0.15, -0.1) is 0 Å². The lowest BCUT2D eigenvalue weighted by molar-refractivity contribution is 0.00504. The van der Waals surface area contributed by atoms with Crippen LogP contribution in [0.1, 0.15) is 51.2 Å². The lowest BCUT2D eigenvalue weighted by Gasteiger charge is -2.39. The second-order valence-corrected chi connectivity index (χ2v) is 6.93. The number of hydrogen-bond acceptors (Lipinski definition) is 3. The number of rotatable bonds is 7. The van der Waals surface area contributed by atoms with Gasteiger partial charge in [-0.2, -0.15) is 0 Å². The third kappa shape index (κ3) is 4.29. The molecule has 1 aliphatic rings. The molecule has 1 aromatic rings. The minimum atomic E-state index is -0.485. The molecule has 0 aromatic heterocycles. The summed E-state index contributed by atoms with van der Waals surface area (Å²) in [7, 11) is 0. The van der Waals surface area contributed by atoms with Crippen LogP contribution in [0, 0.1) is 5.41 Å². The van der Waals surface area contributed by atoms with E-state index in [0.29, 0.717) is 12.6 Å². The first-order valence-corrected chi connectivity index (χ1v) is 8.12. The molecule has 1 saturated carbocycles. The normalized spacial score (nSPS) is 18.3. The summed E-state index contributed by atoms with van der Waals surface area (Å²) in [5.74, 6) is 0. The SMILES string of the molecule is CC(C)(CN(CCO)C1CCCC1)C(O)c1ccccc1. The molecule has 0 bridgehead atoms. The van der Waals surface area contributed by atoms with Gasteiger partial charge in [0.05, 0.1) is 12.7 Å². The quantitative estimate of drug-likeness (QED) is 0.811. The van der Waals surface area contributed by atoms with E-state index in [-0.39, 0.29) is 12.0 Å². The molecule has 1 fully saturated rings. The van der Waals surface area contributed by atoms with Gasteiger partial charge in [0, 0.05) is 24.5 Å². The highest BCUT2D eigenvalue weighted by molar-refractivity contribution is 5.19. The lowest BCUT2D eigenvalue weighted by Crippen LogP contribution is -2.44. The largest absolute Gasteiger partial charge is 0.395 e. The van der Waals surface area contributed by atoms with Crippen LogP contribution in [-0.4, -0.2) is 40.9 Å². The van der Waals surface area contributed by atoms with E-state index in [0.717, 1.165) is 12.1 Å². The van der Waals surface area contributed by atoms with Crippen molar-refractivity contribution in [3.63, 3.8) is 0 Å². The van der Waals surface area contributed by atoms with E-state index in [1.54, 1.807) is 0 Å². The van der Waals surface area contributed by atoms with E-state index in [1.807, 2.05) is 30.3 Å². The summed E-state index contributed by atoms with van der Waals surface area (Å²) >= 11 is 0. The second kappa shape index (κ2) is 7.39. The molecule has 0 amide bonds. The van der Waals surface area contributed by atoms with Crippen LogP contribution in [0.5, 0.6) is 0 Å². The van der Waals surface area contributed by atoms with E-state index < -0.39 is 6.10 Å². The molecule has 0 saturated heterocycles. The maximum atomic E-state index is 10.7. The van der Waals surface area contributed by atoms with Crippen LogP contribution in [0.4, 0.5) is 0 Å². The highest BCUT2D eigenvalue weighted by Crippen LogP contribution is 2.36. The Bertz CT molecular complexity index is 412. The molecule has 3 heteroatoms. The minimum absolute atomic E-state index is 0.189. The Kier molecular flexibility index (Phi) is 5.80. The summed E-state index contributed by atoms with van der Waals surface area (Å²) in [4.78, 5) is 2.37. The van der Waals surface area contributed by atoms with E-state index >= 15 is 0 Å². The van der Waals surface area contributed by atoms with Gasteiger partial charge in [-0.3, -0.25) is 4.90 Å². The number of hydrogen-bond donors (Lipinski definition) is 2. The summed E-state index contributed by atoms with van der Waals surface area (Å²) in [6.07, 6.45) is 4.53. The van der Waals surface area contributed by atoms with Gasteiger partial charge in [0.2, 0.25) is 0 Å². The summed E-state index contributed by atoms with van der Waals surface area (Å²) in [6, 6.07) is 10.4. The Morgan fingerprint density at radius 3 is 2.38 bits per heavy atom. The van der Waals surface area contributed by atoms with Crippen molar-refractivity contribution in [3.8, 4) is 0 Å². The zero-order valence-corrected chi connectivity index (χ0v) is 13.3. The van der Waals surface area contributed by atoms with E-state index in [2.05, 4.69) is 18.7 Å². The first kappa shape index (κ1) is 16.5.